The van der Waals surface area contributed by atoms with Crippen LogP contribution in [0.3, 0.4) is 0 Å². The van der Waals surface area contributed by atoms with Crippen molar-refractivity contribution in [1.29, 1.82) is 0 Å². The Balaban J connectivity index is 1.48. The summed E-state index contributed by atoms with van der Waals surface area (Å²) in [6.07, 6.45) is 1.24. The molecule has 2 heterocycles. The summed E-state index contributed by atoms with van der Waals surface area (Å²) in [7, 11) is 0. The van der Waals surface area contributed by atoms with E-state index in [9.17, 15) is 0 Å². The zero-order chi connectivity index (χ0) is 12.4. The van der Waals surface area contributed by atoms with Gasteiger partial charge in [0.2, 0.25) is 0 Å². The standard InChI is InChI=1S/C14H14ClNOS/c15-11-6-13(18-9-11)8-16-7-12-5-10-3-1-2-4-14(10)17-12/h1-4,6,9,12,16H,5,7-8H2. The number of para-hydroxylation sites is 1. The normalized spacial score (nSPS) is 17.5. The summed E-state index contributed by atoms with van der Waals surface area (Å²) in [5.74, 6) is 1.03. The van der Waals surface area contributed by atoms with Crippen molar-refractivity contribution >= 4 is 22.9 Å². The molecule has 1 N–H and O–H groups in total. The van der Waals surface area contributed by atoms with Crippen LogP contribution in [0.25, 0.3) is 0 Å². The molecule has 0 bridgehead atoms. The van der Waals surface area contributed by atoms with E-state index in [1.165, 1.54) is 10.4 Å². The van der Waals surface area contributed by atoms with Crippen LogP contribution in [0.4, 0.5) is 0 Å². The van der Waals surface area contributed by atoms with Crippen LogP contribution in [0.5, 0.6) is 5.75 Å². The first-order chi connectivity index (χ1) is 8.81. The number of hydrogen-bond donors (Lipinski definition) is 1. The fourth-order valence-electron chi connectivity index (χ4n) is 2.17. The summed E-state index contributed by atoms with van der Waals surface area (Å²) < 4.78 is 5.86. The van der Waals surface area contributed by atoms with E-state index < -0.39 is 0 Å². The molecular weight excluding hydrogens is 266 g/mol. The molecule has 1 aromatic heterocycles. The third-order valence-electron chi connectivity index (χ3n) is 3.01. The van der Waals surface area contributed by atoms with E-state index in [1.54, 1.807) is 11.3 Å². The maximum atomic E-state index is 5.89. The molecule has 1 atom stereocenters. The van der Waals surface area contributed by atoms with Crippen molar-refractivity contribution in [3.05, 3.63) is 51.2 Å². The van der Waals surface area contributed by atoms with Crippen LogP contribution in [-0.4, -0.2) is 12.6 Å². The zero-order valence-electron chi connectivity index (χ0n) is 9.86. The molecule has 0 aliphatic carbocycles. The number of hydrogen-bond acceptors (Lipinski definition) is 3. The van der Waals surface area contributed by atoms with E-state index in [2.05, 4.69) is 17.4 Å². The maximum Gasteiger partial charge on any atom is 0.123 e. The molecule has 0 spiro atoms. The predicted molar refractivity (Wildman–Crippen MR) is 75.6 cm³/mol. The molecule has 94 valence electrons. The van der Waals surface area contributed by atoms with E-state index in [-0.39, 0.29) is 6.10 Å². The molecule has 1 unspecified atom stereocenters. The van der Waals surface area contributed by atoms with Crippen molar-refractivity contribution in [2.24, 2.45) is 0 Å². The molecule has 2 nitrogen and oxygen atoms in total. The number of ether oxygens (including phenoxy) is 1. The van der Waals surface area contributed by atoms with E-state index in [4.69, 9.17) is 16.3 Å². The molecule has 1 aliphatic rings. The lowest BCUT2D eigenvalue weighted by Crippen LogP contribution is -2.29. The summed E-state index contributed by atoms with van der Waals surface area (Å²) in [4.78, 5) is 1.26. The average molecular weight is 280 g/mol. The highest BCUT2D eigenvalue weighted by atomic mass is 35.5. The smallest absolute Gasteiger partial charge is 0.123 e. The Morgan fingerprint density at radius 2 is 2.28 bits per heavy atom. The summed E-state index contributed by atoms with van der Waals surface area (Å²) in [5, 5.41) is 6.20. The highest BCUT2D eigenvalue weighted by Crippen LogP contribution is 2.27. The van der Waals surface area contributed by atoms with Gasteiger partial charge in [-0.05, 0) is 17.7 Å². The molecule has 4 heteroatoms. The molecule has 0 fully saturated rings. The highest BCUT2D eigenvalue weighted by Gasteiger charge is 2.21. The lowest BCUT2D eigenvalue weighted by atomic mass is 10.1. The van der Waals surface area contributed by atoms with Gasteiger partial charge in [-0.1, -0.05) is 29.8 Å². The second-order valence-electron chi connectivity index (χ2n) is 4.41. The number of halogens is 1. The fraction of sp³-hybridized carbons (Fsp3) is 0.286. The molecular formula is C14H14ClNOS. The number of benzene rings is 1. The van der Waals surface area contributed by atoms with E-state index in [0.717, 1.165) is 30.3 Å². The summed E-state index contributed by atoms with van der Waals surface area (Å²) in [6.45, 7) is 1.72. The van der Waals surface area contributed by atoms with Gasteiger partial charge in [-0.3, -0.25) is 0 Å². The Morgan fingerprint density at radius 1 is 1.39 bits per heavy atom. The number of fused-ring (bicyclic) bond motifs is 1. The lowest BCUT2D eigenvalue weighted by Gasteiger charge is -2.11. The molecule has 0 amide bonds. The molecule has 1 aliphatic heterocycles. The predicted octanol–water partition coefficient (Wildman–Crippen LogP) is 3.49. The molecule has 3 rings (SSSR count). The minimum Gasteiger partial charge on any atom is -0.488 e. The Kier molecular flexibility index (Phi) is 3.55. The second-order valence-corrected chi connectivity index (χ2v) is 5.85. The maximum absolute atomic E-state index is 5.89. The second kappa shape index (κ2) is 5.31. The molecule has 0 radical (unpaired) electrons. The lowest BCUT2D eigenvalue weighted by molar-refractivity contribution is 0.227. The first kappa shape index (κ1) is 12.0. The Bertz CT molecular complexity index is 515. The highest BCUT2D eigenvalue weighted by molar-refractivity contribution is 7.10. The van der Waals surface area contributed by atoms with Crippen molar-refractivity contribution in [3.63, 3.8) is 0 Å². The van der Waals surface area contributed by atoms with Gasteiger partial charge in [0.05, 0.1) is 5.02 Å². The monoisotopic (exact) mass is 279 g/mol. The van der Waals surface area contributed by atoms with Gasteiger partial charge >= 0.3 is 0 Å². The topological polar surface area (TPSA) is 21.3 Å². The van der Waals surface area contributed by atoms with Gasteiger partial charge in [0.15, 0.2) is 0 Å². The molecule has 0 saturated carbocycles. The quantitative estimate of drug-likeness (QED) is 0.925. The van der Waals surface area contributed by atoms with Crippen LogP contribution in [0, 0.1) is 0 Å². The third kappa shape index (κ3) is 2.69. The van der Waals surface area contributed by atoms with E-state index in [0.29, 0.717) is 0 Å². The van der Waals surface area contributed by atoms with Crippen LogP contribution >= 0.6 is 22.9 Å². The number of rotatable bonds is 4. The summed E-state index contributed by atoms with van der Waals surface area (Å²) in [6, 6.07) is 10.3. The Hall–Kier alpha value is -1.03. The van der Waals surface area contributed by atoms with E-state index in [1.807, 2.05) is 23.6 Å². The number of thiophene rings is 1. The van der Waals surface area contributed by atoms with Gasteiger partial charge in [0.1, 0.15) is 11.9 Å². The Morgan fingerprint density at radius 3 is 3.06 bits per heavy atom. The zero-order valence-corrected chi connectivity index (χ0v) is 11.4. The average Bonchev–Trinajstić information content (AvgIpc) is 2.95. The van der Waals surface area contributed by atoms with Gasteiger partial charge in [0, 0.05) is 29.8 Å². The largest absolute Gasteiger partial charge is 0.488 e. The minimum atomic E-state index is 0.248. The Labute approximate surface area is 116 Å². The van der Waals surface area contributed by atoms with Crippen molar-refractivity contribution in [2.75, 3.05) is 6.54 Å². The molecule has 1 aromatic carbocycles. The van der Waals surface area contributed by atoms with Crippen LogP contribution in [0.1, 0.15) is 10.4 Å². The van der Waals surface area contributed by atoms with Crippen LogP contribution in [-0.2, 0) is 13.0 Å². The number of nitrogens with one attached hydrogen (secondary N) is 1. The summed E-state index contributed by atoms with van der Waals surface area (Å²) >= 11 is 7.57. The van der Waals surface area contributed by atoms with Gasteiger partial charge < -0.3 is 10.1 Å². The van der Waals surface area contributed by atoms with Crippen molar-refractivity contribution in [2.45, 2.75) is 19.1 Å². The SMILES string of the molecule is Clc1csc(CNCC2Cc3ccccc3O2)c1. The van der Waals surface area contributed by atoms with Crippen molar-refractivity contribution in [3.8, 4) is 5.75 Å². The van der Waals surface area contributed by atoms with Crippen LogP contribution < -0.4 is 10.1 Å². The van der Waals surface area contributed by atoms with Gasteiger partial charge in [0.25, 0.3) is 0 Å². The van der Waals surface area contributed by atoms with Gasteiger partial charge in [-0.2, -0.15) is 0 Å². The van der Waals surface area contributed by atoms with Crippen LogP contribution in [0.15, 0.2) is 35.7 Å². The van der Waals surface area contributed by atoms with Crippen molar-refractivity contribution in [1.82, 2.24) is 5.32 Å². The van der Waals surface area contributed by atoms with E-state index >= 15 is 0 Å². The first-order valence-electron chi connectivity index (χ1n) is 5.99. The van der Waals surface area contributed by atoms with Crippen molar-refractivity contribution < 1.29 is 4.74 Å². The third-order valence-corrected chi connectivity index (χ3v) is 4.29. The molecule has 18 heavy (non-hydrogen) atoms. The van der Waals surface area contributed by atoms with Gasteiger partial charge in [-0.25, -0.2) is 0 Å². The first-order valence-corrected chi connectivity index (χ1v) is 7.25. The summed E-state index contributed by atoms with van der Waals surface area (Å²) in [5.41, 5.74) is 1.31. The van der Waals surface area contributed by atoms with Crippen LogP contribution in [0.2, 0.25) is 5.02 Å². The molecule has 0 saturated heterocycles. The minimum absolute atomic E-state index is 0.248. The van der Waals surface area contributed by atoms with Gasteiger partial charge in [-0.15, -0.1) is 11.3 Å². The molecule has 2 aromatic rings. The fourth-order valence-corrected chi connectivity index (χ4v) is 3.21.